The molecule has 186 valence electrons. The molecule has 1 saturated carbocycles. The SMILES string of the molecule is CCc1nc2ccc(Nc3ncc(CC(=O)C4CCCCC4)c(=O)n3Cc3ccc(Cl)cc3)cc2s1. The lowest BCUT2D eigenvalue weighted by Gasteiger charge is -2.20. The number of aryl methyl sites for hydroxylation is 1. The molecule has 2 heterocycles. The van der Waals surface area contributed by atoms with Crippen LogP contribution in [-0.4, -0.2) is 20.3 Å². The van der Waals surface area contributed by atoms with Crippen LogP contribution in [-0.2, 0) is 24.2 Å². The molecule has 0 saturated heterocycles. The van der Waals surface area contributed by atoms with E-state index in [-0.39, 0.29) is 23.7 Å². The summed E-state index contributed by atoms with van der Waals surface area (Å²) in [6.45, 7) is 2.41. The molecule has 4 aromatic rings. The zero-order chi connectivity index (χ0) is 25.1. The Kier molecular flexibility index (Phi) is 7.48. The van der Waals surface area contributed by atoms with Gasteiger partial charge in [-0.05, 0) is 55.2 Å². The molecule has 6 nitrogen and oxygen atoms in total. The second-order valence-electron chi connectivity index (χ2n) is 9.37. The standard InChI is InChI=1S/C28H29ClN4O2S/c1-2-26-32-23-13-12-22(15-25(23)36-26)31-28-30-16-20(14-24(34)19-6-4-3-5-7-19)27(35)33(28)17-18-8-10-21(29)11-9-18/h8-13,15-16,19H,2-7,14,17H2,1H3,(H,30,31). The van der Waals surface area contributed by atoms with Gasteiger partial charge in [-0.3, -0.25) is 14.2 Å². The highest BCUT2D eigenvalue weighted by Gasteiger charge is 2.23. The van der Waals surface area contributed by atoms with Crippen LogP contribution < -0.4 is 10.9 Å². The number of aromatic nitrogens is 3. The summed E-state index contributed by atoms with van der Waals surface area (Å²) in [7, 11) is 0. The average Bonchev–Trinajstić information content (AvgIpc) is 3.32. The van der Waals surface area contributed by atoms with Crippen molar-refractivity contribution in [1.82, 2.24) is 14.5 Å². The van der Waals surface area contributed by atoms with E-state index in [2.05, 4.69) is 22.2 Å². The second kappa shape index (κ2) is 10.9. The third-order valence-electron chi connectivity index (χ3n) is 6.79. The van der Waals surface area contributed by atoms with Crippen molar-refractivity contribution in [2.24, 2.45) is 5.92 Å². The number of rotatable bonds is 8. The van der Waals surface area contributed by atoms with Gasteiger partial charge in [0, 0.05) is 34.8 Å². The number of anilines is 2. The normalized spacial score (nSPS) is 14.3. The highest BCUT2D eigenvalue weighted by Crippen LogP contribution is 2.28. The Labute approximate surface area is 219 Å². The monoisotopic (exact) mass is 520 g/mol. The third-order valence-corrected chi connectivity index (χ3v) is 8.20. The Hall–Kier alpha value is -3.03. The van der Waals surface area contributed by atoms with Gasteiger partial charge in [0.25, 0.3) is 5.56 Å². The molecule has 0 unspecified atom stereocenters. The topological polar surface area (TPSA) is 76.9 Å². The molecule has 2 aromatic heterocycles. The van der Waals surface area contributed by atoms with Gasteiger partial charge in [-0.1, -0.05) is 49.9 Å². The molecule has 1 aliphatic carbocycles. The minimum Gasteiger partial charge on any atom is -0.325 e. The fraction of sp³-hybridized carbons (Fsp3) is 0.357. The number of ketones is 1. The van der Waals surface area contributed by atoms with Crippen molar-refractivity contribution in [2.45, 2.75) is 58.4 Å². The number of nitrogens with zero attached hydrogens (tertiary/aromatic N) is 3. The van der Waals surface area contributed by atoms with Gasteiger partial charge < -0.3 is 5.32 Å². The fourth-order valence-electron chi connectivity index (χ4n) is 4.76. The largest absolute Gasteiger partial charge is 0.325 e. The molecule has 0 radical (unpaired) electrons. The molecule has 2 aromatic carbocycles. The number of fused-ring (bicyclic) bond motifs is 1. The number of carbonyl (C=O) groups is 1. The summed E-state index contributed by atoms with van der Waals surface area (Å²) in [5.41, 5.74) is 2.96. The first-order chi connectivity index (χ1) is 17.5. The number of halogens is 1. The highest BCUT2D eigenvalue weighted by atomic mass is 35.5. The van der Waals surface area contributed by atoms with Crippen LogP contribution in [0.5, 0.6) is 0 Å². The number of thiazole rings is 1. The average molecular weight is 521 g/mol. The Morgan fingerprint density at radius 1 is 1.14 bits per heavy atom. The number of carbonyl (C=O) groups excluding carboxylic acids is 1. The molecule has 5 rings (SSSR count). The van der Waals surface area contributed by atoms with Crippen molar-refractivity contribution in [2.75, 3.05) is 5.32 Å². The maximum Gasteiger partial charge on any atom is 0.258 e. The van der Waals surface area contributed by atoms with E-state index >= 15 is 0 Å². The van der Waals surface area contributed by atoms with Gasteiger partial charge in [0.15, 0.2) is 0 Å². The van der Waals surface area contributed by atoms with Gasteiger partial charge in [-0.15, -0.1) is 11.3 Å². The Morgan fingerprint density at radius 2 is 1.92 bits per heavy atom. The first-order valence-electron chi connectivity index (χ1n) is 12.5. The summed E-state index contributed by atoms with van der Waals surface area (Å²) >= 11 is 7.73. The molecule has 36 heavy (non-hydrogen) atoms. The zero-order valence-corrected chi connectivity index (χ0v) is 21.9. The molecule has 0 aliphatic heterocycles. The minimum absolute atomic E-state index is 0.0554. The van der Waals surface area contributed by atoms with E-state index in [9.17, 15) is 9.59 Å². The molecule has 0 amide bonds. The first kappa shape index (κ1) is 24.7. The molecule has 1 N–H and O–H groups in total. The van der Waals surface area contributed by atoms with E-state index in [1.807, 2.05) is 42.5 Å². The summed E-state index contributed by atoms with van der Waals surface area (Å²) in [6, 6.07) is 13.4. The van der Waals surface area contributed by atoms with Crippen molar-refractivity contribution in [3.8, 4) is 0 Å². The van der Waals surface area contributed by atoms with Gasteiger partial charge >= 0.3 is 0 Å². The van der Waals surface area contributed by atoms with Crippen molar-refractivity contribution in [3.05, 3.63) is 80.2 Å². The van der Waals surface area contributed by atoms with Crippen LogP contribution in [0.25, 0.3) is 10.2 Å². The lowest BCUT2D eigenvalue weighted by atomic mass is 9.84. The molecule has 0 spiro atoms. The van der Waals surface area contributed by atoms with E-state index in [0.717, 1.165) is 58.6 Å². The lowest BCUT2D eigenvalue weighted by molar-refractivity contribution is -0.123. The van der Waals surface area contributed by atoms with Crippen LogP contribution in [0.2, 0.25) is 5.02 Å². The molecule has 1 fully saturated rings. The van der Waals surface area contributed by atoms with E-state index < -0.39 is 0 Å². The molecular formula is C28H29ClN4O2S. The van der Waals surface area contributed by atoms with E-state index in [4.69, 9.17) is 11.6 Å². The number of benzene rings is 2. The molecule has 0 atom stereocenters. The smallest absolute Gasteiger partial charge is 0.258 e. The van der Waals surface area contributed by atoms with Crippen LogP contribution in [0, 0.1) is 5.92 Å². The van der Waals surface area contributed by atoms with Crippen LogP contribution in [0.4, 0.5) is 11.6 Å². The summed E-state index contributed by atoms with van der Waals surface area (Å²) in [5.74, 6) is 0.637. The van der Waals surface area contributed by atoms with Gasteiger partial charge in [-0.2, -0.15) is 0 Å². The Balaban J connectivity index is 1.47. The third kappa shape index (κ3) is 5.52. The molecule has 1 aliphatic rings. The summed E-state index contributed by atoms with van der Waals surface area (Å²) < 4.78 is 2.69. The molecule has 8 heteroatoms. The fourth-order valence-corrected chi connectivity index (χ4v) is 5.83. The van der Waals surface area contributed by atoms with E-state index in [1.54, 1.807) is 22.1 Å². The quantitative estimate of drug-likeness (QED) is 0.285. The number of nitrogens with one attached hydrogen (secondary N) is 1. The van der Waals surface area contributed by atoms with Gasteiger partial charge in [0.1, 0.15) is 5.78 Å². The van der Waals surface area contributed by atoms with Gasteiger partial charge in [-0.25, -0.2) is 9.97 Å². The maximum atomic E-state index is 13.6. The predicted octanol–water partition coefficient (Wildman–Crippen LogP) is 6.55. The van der Waals surface area contributed by atoms with E-state index in [0.29, 0.717) is 23.1 Å². The predicted molar refractivity (Wildman–Crippen MR) is 147 cm³/mol. The lowest BCUT2D eigenvalue weighted by Crippen LogP contribution is -2.30. The molecular weight excluding hydrogens is 492 g/mol. The Bertz CT molecular complexity index is 1440. The van der Waals surface area contributed by atoms with Crippen molar-refractivity contribution in [3.63, 3.8) is 0 Å². The zero-order valence-electron chi connectivity index (χ0n) is 20.3. The van der Waals surface area contributed by atoms with Crippen LogP contribution in [0.3, 0.4) is 0 Å². The Morgan fingerprint density at radius 3 is 2.67 bits per heavy atom. The van der Waals surface area contributed by atoms with Crippen LogP contribution in [0.15, 0.2) is 53.5 Å². The highest BCUT2D eigenvalue weighted by molar-refractivity contribution is 7.18. The first-order valence-corrected chi connectivity index (χ1v) is 13.7. The van der Waals surface area contributed by atoms with Crippen molar-refractivity contribution < 1.29 is 4.79 Å². The van der Waals surface area contributed by atoms with Gasteiger partial charge in [0.05, 0.1) is 21.8 Å². The summed E-state index contributed by atoms with van der Waals surface area (Å²) in [6.07, 6.45) is 7.78. The molecule has 0 bridgehead atoms. The minimum atomic E-state index is -0.196. The van der Waals surface area contributed by atoms with Crippen molar-refractivity contribution in [1.29, 1.82) is 0 Å². The van der Waals surface area contributed by atoms with Crippen LogP contribution in [0.1, 0.15) is 55.2 Å². The summed E-state index contributed by atoms with van der Waals surface area (Å²) in [4.78, 5) is 35.8. The van der Waals surface area contributed by atoms with Gasteiger partial charge in [0.2, 0.25) is 5.95 Å². The van der Waals surface area contributed by atoms with Crippen LogP contribution >= 0.6 is 22.9 Å². The summed E-state index contributed by atoms with van der Waals surface area (Å²) in [5, 5.41) is 5.06. The van der Waals surface area contributed by atoms with Crippen molar-refractivity contribution >= 4 is 50.6 Å². The number of Topliss-reactive ketones (excluding diaryl/α,β-unsaturated/α-hetero) is 1. The second-order valence-corrected chi connectivity index (χ2v) is 10.9. The number of hydrogen-bond acceptors (Lipinski definition) is 6. The maximum absolute atomic E-state index is 13.6. The van der Waals surface area contributed by atoms with E-state index in [1.165, 1.54) is 6.42 Å². The number of hydrogen-bond donors (Lipinski definition) is 1.